The molecular formula is C16H25O4Si. The fraction of sp³-hybridized carbons (Fsp3) is 0.625. The van der Waals surface area contributed by atoms with Crippen LogP contribution < -0.4 is 4.43 Å². The first-order chi connectivity index (χ1) is 10.0. The molecule has 5 heteroatoms. The summed E-state index contributed by atoms with van der Waals surface area (Å²) < 4.78 is 22.9. The maximum atomic E-state index is 6.05. The largest absolute Gasteiger partial charge is 0.656 e. The summed E-state index contributed by atoms with van der Waals surface area (Å²) in [4.78, 5) is 0. The van der Waals surface area contributed by atoms with Crippen LogP contribution in [0.5, 0.6) is 5.75 Å². The fourth-order valence-electron chi connectivity index (χ4n) is 2.04. The summed E-state index contributed by atoms with van der Waals surface area (Å²) in [7, 11) is -1.77. The molecule has 2 rings (SSSR count). The molecule has 1 heterocycles. The number of para-hydroxylation sites is 1. The SMILES string of the molecule is CC(C)O[Si](Oc1ccccc1CC1COC1)OC(C)C. The van der Waals surface area contributed by atoms with Gasteiger partial charge in [0.1, 0.15) is 5.75 Å². The van der Waals surface area contributed by atoms with Gasteiger partial charge in [-0.05, 0) is 45.7 Å². The second-order valence-electron chi connectivity index (χ2n) is 5.90. The monoisotopic (exact) mass is 309 g/mol. The van der Waals surface area contributed by atoms with Crippen molar-refractivity contribution in [2.75, 3.05) is 13.2 Å². The summed E-state index contributed by atoms with van der Waals surface area (Å²) >= 11 is 0. The van der Waals surface area contributed by atoms with Gasteiger partial charge >= 0.3 is 9.53 Å². The van der Waals surface area contributed by atoms with Crippen molar-refractivity contribution in [3.8, 4) is 5.75 Å². The lowest BCUT2D eigenvalue weighted by Gasteiger charge is -2.27. The van der Waals surface area contributed by atoms with Crippen LogP contribution in [0, 0.1) is 5.92 Å². The van der Waals surface area contributed by atoms with Gasteiger partial charge in [-0.25, -0.2) is 0 Å². The molecule has 0 aliphatic carbocycles. The van der Waals surface area contributed by atoms with Crippen LogP contribution in [-0.2, 0) is 20.0 Å². The second kappa shape index (κ2) is 7.94. The molecule has 0 unspecified atom stereocenters. The van der Waals surface area contributed by atoms with Crippen molar-refractivity contribution in [3.05, 3.63) is 29.8 Å². The first-order valence-corrected chi connectivity index (χ1v) is 8.81. The first kappa shape index (κ1) is 16.5. The van der Waals surface area contributed by atoms with Gasteiger partial charge in [-0.1, -0.05) is 18.2 Å². The van der Waals surface area contributed by atoms with Crippen molar-refractivity contribution in [2.45, 2.75) is 46.3 Å². The van der Waals surface area contributed by atoms with E-state index in [2.05, 4.69) is 6.07 Å². The number of ether oxygens (including phenoxy) is 1. The predicted molar refractivity (Wildman–Crippen MR) is 83.3 cm³/mol. The molecule has 0 atom stereocenters. The molecule has 1 aliphatic heterocycles. The van der Waals surface area contributed by atoms with Crippen molar-refractivity contribution in [1.29, 1.82) is 0 Å². The van der Waals surface area contributed by atoms with Crippen LogP contribution in [0.3, 0.4) is 0 Å². The molecule has 0 N–H and O–H groups in total. The Morgan fingerprint density at radius 1 is 1.10 bits per heavy atom. The van der Waals surface area contributed by atoms with Crippen molar-refractivity contribution in [2.24, 2.45) is 5.92 Å². The highest BCUT2D eigenvalue weighted by molar-refractivity contribution is 6.37. The molecule has 0 aromatic heterocycles. The number of rotatable bonds is 8. The number of hydrogen-bond acceptors (Lipinski definition) is 4. The molecule has 1 aromatic rings. The zero-order valence-corrected chi connectivity index (χ0v) is 14.3. The van der Waals surface area contributed by atoms with Crippen molar-refractivity contribution >= 4 is 9.53 Å². The van der Waals surface area contributed by atoms with Crippen LogP contribution >= 0.6 is 0 Å². The molecule has 0 amide bonds. The first-order valence-electron chi connectivity index (χ1n) is 7.58. The molecular weight excluding hydrogens is 284 g/mol. The lowest BCUT2D eigenvalue weighted by molar-refractivity contribution is -0.0314. The van der Waals surface area contributed by atoms with E-state index in [4.69, 9.17) is 18.0 Å². The van der Waals surface area contributed by atoms with Gasteiger partial charge < -0.3 is 18.0 Å². The third-order valence-electron chi connectivity index (χ3n) is 3.05. The van der Waals surface area contributed by atoms with Crippen molar-refractivity contribution in [1.82, 2.24) is 0 Å². The Morgan fingerprint density at radius 3 is 2.24 bits per heavy atom. The van der Waals surface area contributed by atoms with E-state index in [9.17, 15) is 0 Å². The highest BCUT2D eigenvalue weighted by Gasteiger charge is 2.27. The lowest BCUT2D eigenvalue weighted by atomic mass is 9.97. The summed E-state index contributed by atoms with van der Waals surface area (Å²) in [6.07, 6.45) is 1.16. The standard InChI is InChI=1S/C16H25O4Si/c1-12(2)18-21(19-13(3)4)20-16-8-6-5-7-15(16)9-14-10-17-11-14/h5-8,12-14H,9-11H2,1-4H3. The Morgan fingerprint density at radius 2 is 1.71 bits per heavy atom. The Kier molecular flexibility index (Phi) is 6.23. The van der Waals surface area contributed by atoms with Gasteiger partial charge in [0.25, 0.3) is 0 Å². The normalized spacial score (nSPS) is 15.8. The molecule has 1 radical (unpaired) electrons. The smallest absolute Gasteiger partial charge is 0.498 e. The molecule has 0 saturated carbocycles. The molecule has 0 bridgehead atoms. The zero-order chi connectivity index (χ0) is 15.2. The molecule has 0 spiro atoms. The summed E-state index contributed by atoms with van der Waals surface area (Å²) in [5.41, 5.74) is 1.20. The van der Waals surface area contributed by atoms with Gasteiger partial charge in [0.15, 0.2) is 0 Å². The summed E-state index contributed by atoms with van der Waals surface area (Å²) in [5, 5.41) is 0. The average Bonchev–Trinajstić information content (AvgIpc) is 2.33. The maximum Gasteiger partial charge on any atom is 0.656 e. The van der Waals surface area contributed by atoms with Gasteiger partial charge in [0, 0.05) is 18.1 Å². The van der Waals surface area contributed by atoms with Crippen LogP contribution in [0.15, 0.2) is 24.3 Å². The van der Waals surface area contributed by atoms with E-state index < -0.39 is 9.53 Å². The maximum absolute atomic E-state index is 6.05. The topological polar surface area (TPSA) is 36.9 Å². The van der Waals surface area contributed by atoms with E-state index in [1.807, 2.05) is 45.9 Å². The van der Waals surface area contributed by atoms with Crippen molar-refractivity contribution in [3.63, 3.8) is 0 Å². The lowest BCUT2D eigenvalue weighted by Crippen LogP contribution is -2.36. The van der Waals surface area contributed by atoms with Crippen LogP contribution in [-0.4, -0.2) is 34.9 Å². The van der Waals surface area contributed by atoms with E-state index in [1.165, 1.54) is 5.56 Å². The highest BCUT2D eigenvalue weighted by atomic mass is 28.3. The minimum atomic E-state index is -1.77. The number of hydrogen-bond donors (Lipinski definition) is 0. The molecule has 21 heavy (non-hydrogen) atoms. The fourth-order valence-corrected chi connectivity index (χ4v) is 3.34. The van der Waals surface area contributed by atoms with Gasteiger partial charge in [0.2, 0.25) is 0 Å². The van der Waals surface area contributed by atoms with Gasteiger partial charge in [-0.3, -0.25) is 0 Å². The van der Waals surface area contributed by atoms with Gasteiger partial charge in [-0.2, -0.15) is 0 Å². The third-order valence-corrected chi connectivity index (χ3v) is 4.76. The Bertz CT molecular complexity index is 422. The van der Waals surface area contributed by atoms with E-state index in [-0.39, 0.29) is 12.2 Å². The van der Waals surface area contributed by atoms with E-state index in [1.54, 1.807) is 0 Å². The Labute approximate surface area is 129 Å². The van der Waals surface area contributed by atoms with Crippen LogP contribution in [0.1, 0.15) is 33.3 Å². The predicted octanol–water partition coefficient (Wildman–Crippen LogP) is 3.09. The van der Waals surface area contributed by atoms with E-state index in [0.29, 0.717) is 5.92 Å². The molecule has 4 nitrogen and oxygen atoms in total. The van der Waals surface area contributed by atoms with Gasteiger partial charge in [-0.15, -0.1) is 0 Å². The molecule has 1 aliphatic rings. The molecule has 1 fully saturated rings. The number of benzene rings is 1. The quantitative estimate of drug-likeness (QED) is 0.692. The summed E-state index contributed by atoms with van der Waals surface area (Å²) in [6, 6.07) is 8.13. The highest BCUT2D eigenvalue weighted by Crippen LogP contribution is 2.25. The minimum absolute atomic E-state index is 0.0878. The second-order valence-corrected chi connectivity index (χ2v) is 7.08. The molecule has 117 valence electrons. The summed E-state index contributed by atoms with van der Waals surface area (Å²) in [5.74, 6) is 1.47. The molecule has 1 saturated heterocycles. The molecule has 1 aromatic carbocycles. The van der Waals surface area contributed by atoms with Crippen molar-refractivity contribution < 1.29 is 18.0 Å². The summed E-state index contributed by atoms with van der Waals surface area (Å²) in [6.45, 7) is 9.67. The van der Waals surface area contributed by atoms with Crippen LogP contribution in [0.4, 0.5) is 0 Å². The van der Waals surface area contributed by atoms with E-state index in [0.717, 1.165) is 25.4 Å². The zero-order valence-electron chi connectivity index (χ0n) is 13.3. The van der Waals surface area contributed by atoms with Gasteiger partial charge in [0.05, 0.1) is 13.2 Å². The minimum Gasteiger partial charge on any atom is -0.498 e. The van der Waals surface area contributed by atoms with E-state index >= 15 is 0 Å². The van der Waals surface area contributed by atoms with Crippen LogP contribution in [0.25, 0.3) is 0 Å². The average molecular weight is 309 g/mol. The Hall–Kier alpha value is -0.883. The third kappa shape index (κ3) is 5.43. The Balaban J connectivity index is 2.03. The van der Waals surface area contributed by atoms with Crippen LogP contribution in [0.2, 0.25) is 0 Å².